The van der Waals surface area contributed by atoms with Gasteiger partial charge in [-0.1, -0.05) is 12.1 Å². The molecule has 2 aromatic carbocycles. The molecular formula is C22H19F2N3O2. The van der Waals surface area contributed by atoms with E-state index in [9.17, 15) is 18.7 Å². The van der Waals surface area contributed by atoms with Gasteiger partial charge in [0.25, 0.3) is 0 Å². The second kappa shape index (κ2) is 7.60. The molecule has 1 aliphatic heterocycles. The molecule has 0 amide bonds. The van der Waals surface area contributed by atoms with Crippen LogP contribution in [-0.4, -0.2) is 34.6 Å². The third-order valence-electron chi connectivity index (χ3n) is 5.23. The first kappa shape index (κ1) is 19.0. The highest BCUT2D eigenvalue weighted by molar-refractivity contribution is 5.93. The Balaban J connectivity index is 1.58. The van der Waals surface area contributed by atoms with Gasteiger partial charge in [0.05, 0.1) is 23.5 Å². The summed E-state index contributed by atoms with van der Waals surface area (Å²) in [4.78, 5) is 17.5. The van der Waals surface area contributed by atoms with Crippen LogP contribution < -0.4 is 5.32 Å². The third-order valence-corrected chi connectivity index (χ3v) is 5.23. The predicted octanol–water partition coefficient (Wildman–Crippen LogP) is 4.32. The molecule has 1 atom stereocenters. The van der Waals surface area contributed by atoms with Crippen LogP contribution in [0, 0.1) is 11.6 Å². The molecule has 0 saturated carbocycles. The molecule has 0 fully saturated rings. The van der Waals surface area contributed by atoms with E-state index in [0.29, 0.717) is 29.9 Å². The summed E-state index contributed by atoms with van der Waals surface area (Å²) in [5, 5.41) is 12.5. The molecule has 1 aromatic heterocycles. The van der Waals surface area contributed by atoms with E-state index in [1.54, 1.807) is 0 Å². The summed E-state index contributed by atoms with van der Waals surface area (Å²) >= 11 is 0. The van der Waals surface area contributed by atoms with E-state index in [-0.39, 0.29) is 11.6 Å². The highest BCUT2D eigenvalue weighted by Gasteiger charge is 2.28. The quantitative estimate of drug-likeness (QED) is 0.674. The van der Waals surface area contributed by atoms with E-state index < -0.39 is 17.6 Å². The zero-order valence-corrected chi connectivity index (χ0v) is 15.7. The number of benzene rings is 2. The fraction of sp³-hybridized carbons (Fsp3) is 0.182. The van der Waals surface area contributed by atoms with Gasteiger partial charge in [0, 0.05) is 30.9 Å². The van der Waals surface area contributed by atoms with Crippen molar-refractivity contribution >= 4 is 11.7 Å². The molecule has 2 N–H and O–H groups in total. The van der Waals surface area contributed by atoms with Crippen LogP contribution in [0.4, 0.5) is 14.5 Å². The second-order valence-corrected chi connectivity index (χ2v) is 7.08. The fourth-order valence-corrected chi connectivity index (χ4v) is 3.77. The Morgan fingerprint density at radius 1 is 1.24 bits per heavy atom. The van der Waals surface area contributed by atoms with Crippen LogP contribution in [0.25, 0.3) is 11.1 Å². The number of aromatic nitrogens is 1. The molecular weight excluding hydrogens is 376 g/mol. The van der Waals surface area contributed by atoms with Gasteiger partial charge in [-0.05, 0) is 48.0 Å². The van der Waals surface area contributed by atoms with Crippen molar-refractivity contribution < 1.29 is 18.7 Å². The largest absolute Gasteiger partial charge is 0.478 e. The Kier molecular flexibility index (Phi) is 4.98. The number of fused-ring (bicyclic) bond motifs is 1. The highest BCUT2D eigenvalue weighted by atomic mass is 19.1. The van der Waals surface area contributed by atoms with Crippen molar-refractivity contribution in [3.8, 4) is 11.1 Å². The molecule has 5 nitrogen and oxygen atoms in total. The van der Waals surface area contributed by atoms with Crippen LogP contribution >= 0.6 is 0 Å². The molecule has 0 unspecified atom stereocenters. The molecule has 7 heteroatoms. The topological polar surface area (TPSA) is 65.5 Å². The van der Waals surface area contributed by atoms with Gasteiger partial charge >= 0.3 is 5.97 Å². The number of rotatable bonds is 5. The third kappa shape index (κ3) is 3.69. The molecule has 2 heterocycles. The average Bonchev–Trinajstić information content (AvgIpc) is 3.00. The van der Waals surface area contributed by atoms with Gasteiger partial charge < -0.3 is 10.4 Å². The highest BCUT2D eigenvalue weighted by Crippen LogP contribution is 2.36. The van der Waals surface area contributed by atoms with E-state index in [2.05, 4.69) is 15.2 Å². The lowest BCUT2D eigenvalue weighted by atomic mass is 9.97. The van der Waals surface area contributed by atoms with Gasteiger partial charge in [0.1, 0.15) is 11.6 Å². The molecule has 3 aromatic rings. The Labute approximate surface area is 166 Å². The smallest absolute Gasteiger partial charge is 0.337 e. The lowest BCUT2D eigenvalue weighted by Gasteiger charge is -2.22. The van der Waals surface area contributed by atoms with Crippen molar-refractivity contribution in [2.45, 2.75) is 12.6 Å². The molecule has 148 valence electrons. The van der Waals surface area contributed by atoms with Gasteiger partial charge in [-0.25, -0.2) is 13.6 Å². The zero-order chi connectivity index (χ0) is 20.5. The molecule has 0 radical (unpaired) electrons. The summed E-state index contributed by atoms with van der Waals surface area (Å²) in [6.45, 7) is 1.18. The first-order valence-corrected chi connectivity index (χ1v) is 9.13. The molecule has 4 rings (SSSR count). The van der Waals surface area contributed by atoms with Crippen molar-refractivity contribution in [1.82, 2.24) is 9.88 Å². The van der Waals surface area contributed by atoms with Gasteiger partial charge in [0.15, 0.2) is 0 Å². The Bertz CT molecular complexity index is 1090. The number of carboxylic acid groups (broad SMARTS) is 1. The first-order valence-electron chi connectivity index (χ1n) is 9.13. The van der Waals surface area contributed by atoms with Gasteiger partial charge in [-0.15, -0.1) is 0 Å². The number of carbonyl (C=O) groups is 1. The standard InChI is InChI=1S/C22H19F2N3O2/c1-27-12-14-8-13(16-5-3-15(23)9-19(16)24)2-4-17(14)21(27)11-26-20-10-25-7-6-18(20)22(28)29/h2-10,21,26H,11-12H2,1H3,(H,28,29)/t21-/m1/s1. The number of carboxylic acids is 1. The molecule has 0 aliphatic carbocycles. The lowest BCUT2D eigenvalue weighted by molar-refractivity contribution is 0.0697. The normalized spacial score (nSPS) is 15.9. The van der Waals surface area contributed by atoms with E-state index in [1.165, 1.54) is 30.6 Å². The minimum Gasteiger partial charge on any atom is -0.478 e. The summed E-state index contributed by atoms with van der Waals surface area (Å²) in [6, 6.07) is 10.8. The second-order valence-electron chi connectivity index (χ2n) is 7.08. The van der Waals surface area contributed by atoms with Crippen LogP contribution in [0.15, 0.2) is 54.9 Å². The van der Waals surface area contributed by atoms with E-state index in [1.807, 2.05) is 25.2 Å². The molecule has 0 spiro atoms. The number of anilines is 1. The number of aromatic carboxylic acids is 1. The number of nitrogens with zero attached hydrogens (tertiary/aromatic N) is 2. The van der Waals surface area contributed by atoms with Gasteiger partial charge in [-0.2, -0.15) is 0 Å². The van der Waals surface area contributed by atoms with E-state index in [0.717, 1.165) is 17.2 Å². The van der Waals surface area contributed by atoms with Gasteiger partial charge in [-0.3, -0.25) is 9.88 Å². The number of hydrogen-bond acceptors (Lipinski definition) is 4. The van der Waals surface area contributed by atoms with Crippen molar-refractivity contribution in [2.24, 2.45) is 0 Å². The maximum atomic E-state index is 14.1. The van der Waals surface area contributed by atoms with E-state index in [4.69, 9.17) is 0 Å². The monoisotopic (exact) mass is 395 g/mol. The van der Waals surface area contributed by atoms with Crippen molar-refractivity contribution in [1.29, 1.82) is 0 Å². The molecule has 0 saturated heterocycles. The summed E-state index contributed by atoms with van der Waals surface area (Å²) < 4.78 is 27.3. The SMILES string of the molecule is CN1Cc2cc(-c3ccc(F)cc3F)ccc2[C@H]1CNc1cnccc1C(=O)O. The first-order chi connectivity index (χ1) is 13.9. The maximum absolute atomic E-state index is 14.1. The molecule has 29 heavy (non-hydrogen) atoms. The Hall–Kier alpha value is -3.32. The van der Waals surface area contributed by atoms with Crippen molar-refractivity contribution in [3.63, 3.8) is 0 Å². The van der Waals surface area contributed by atoms with Gasteiger partial charge in [0.2, 0.25) is 0 Å². The molecule has 0 bridgehead atoms. The Morgan fingerprint density at radius 2 is 2.07 bits per heavy atom. The minimum atomic E-state index is -1.01. The van der Waals surface area contributed by atoms with Crippen molar-refractivity contribution in [2.75, 3.05) is 18.9 Å². The minimum absolute atomic E-state index is 0.0268. The van der Waals surface area contributed by atoms with Crippen molar-refractivity contribution in [3.05, 3.63) is 83.2 Å². The number of hydrogen-bond donors (Lipinski definition) is 2. The summed E-state index contributed by atoms with van der Waals surface area (Å²) in [6.07, 6.45) is 2.95. The lowest BCUT2D eigenvalue weighted by Crippen LogP contribution is -2.24. The fourth-order valence-electron chi connectivity index (χ4n) is 3.77. The average molecular weight is 395 g/mol. The maximum Gasteiger partial charge on any atom is 0.337 e. The van der Waals surface area contributed by atoms with E-state index >= 15 is 0 Å². The zero-order valence-electron chi connectivity index (χ0n) is 15.7. The Morgan fingerprint density at radius 3 is 2.83 bits per heavy atom. The number of pyridine rings is 1. The molecule has 1 aliphatic rings. The van der Waals surface area contributed by atoms with Crippen LogP contribution in [-0.2, 0) is 6.54 Å². The van der Waals surface area contributed by atoms with Crippen LogP contribution in [0.2, 0.25) is 0 Å². The predicted molar refractivity (Wildman–Crippen MR) is 106 cm³/mol. The summed E-state index contributed by atoms with van der Waals surface area (Å²) in [7, 11) is 1.98. The summed E-state index contributed by atoms with van der Waals surface area (Å²) in [5.41, 5.74) is 3.84. The van der Waals surface area contributed by atoms with Crippen LogP contribution in [0.3, 0.4) is 0 Å². The summed E-state index contributed by atoms with van der Waals surface area (Å²) in [5.74, 6) is -2.21. The number of likely N-dealkylation sites (N-methyl/N-ethyl adjacent to an activating group) is 1. The van der Waals surface area contributed by atoms with Crippen LogP contribution in [0.1, 0.15) is 27.5 Å². The number of halogens is 2. The van der Waals surface area contributed by atoms with Crippen LogP contribution in [0.5, 0.6) is 0 Å². The number of nitrogens with one attached hydrogen (secondary N) is 1.